The minimum absolute atomic E-state index is 0.102. The average molecular weight is 261 g/mol. The summed E-state index contributed by atoms with van der Waals surface area (Å²) in [6.07, 6.45) is 5.05. The normalized spacial score (nSPS) is 28.4. The molecule has 4 heteroatoms. The fraction of sp³-hybridized carbons (Fsp3) is 0.533. The third-order valence-electron chi connectivity index (χ3n) is 4.12. The molecule has 0 aromatic heterocycles. The Morgan fingerprint density at radius 3 is 2.79 bits per heavy atom. The average Bonchev–Trinajstić information content (AvgIpc) is 2.85. The number of oxime groups is 1. The molecule has 0 aliphatic heterocycles. The predicted octanol–water partition coefficient (Wildman–Crippen LogP) is 2.49. The highest BCUT2D eigenvalue weighted by Crippen LogP contribution is 2.33. The van der Waals surface area contributed by atoms with E-state index in [0.29, 0.717) is 0 Å². The first kappa shape index (κ1) is 12.5. The van der Waals surface area contributed by atoms with Gasteiger partial charge in [0.1, 0.15) is 11.9 Å². The first-order valence-corrected chi connectivity index (χ1v) is 6.97. The van der Waals surface area contributed by atoms with E-state index >= 15 is 0 Å². The largest absolute Gasteiger partial charge is 0.487 e. The first-order valence-electron chi connectivity index (χ1n) is 6.97. The number of benzene rings is 1. The molecule has 2 aliphatic carbocycles. The van der Waals surface area contributed by atoms with Crippen molar-refractivity contribution in [3.05, 3.63) is 29.3 Å². The maximum Gasteiger partial charge on any atom is 0.124 e. The molecule has 2 unspecified atom stereocenters. The summed E-state index contributed by atoms with van der Waals surface area (Å²) in [5, 5.41) is 22.3. The van der Waals surface area contributed by atoms with Crippen molar-refractivity contribution in [1.82, 2.24) is 0 Å². The van der Waals surface area contributed by atoms with Crippen LogP contribution in [0.4, 0.5) is 0 Å². The van der Waals surface area contributed by atoms with Gasteiger partial charge in [-0.15, -0.1) is 0 Å². The number of hydrogen-bond donors (Lipinski definition) is 2. The number of hydrogen-bond acceptors (Lipinski definition) is 4. The van der Waals surface area contributed by atoms with Gasteiger partial charge >= 0.3 is 0 Å². The van der Waals surface area contributed by atoms with E-state index in [1.807, 2.05) is 18.2 Å². The Labute approximate surface area is 112 Å². The molecule has 102 valence electrons. The Bertz CT molecular complexity index is 498. The van der Waals surface area contributed by atoms with Gasteiger partial charge in [0.05, 0.1) is 11.8 Å². The molecule has 0 heterocycles. The van der Waals surface area contributed by atoms with Crippen LogP contribution in [0.25, 0.3) is 0 Å². The van der Waals surface area contributed by atoms with E-state index in [1.165, 1.54) is 0 Å². The van der Waals surface area contributed by atoms with Crippen molar-refractivity contribution in [3.8, 4) is 5.75 Å². The molecule has 0 bridgehead atoms. The Kier molecular flexibility index (Phi) is 3.42. The summed E-state index contributed by atoms with van der Waals surface area (Å²) >= 11 is 0. The number of nitrogens with zero attached hydrogens (tertiary/aromatic N) is 1. The molecule has 2 atom stereocenters. The first-order chi connectivity index (χ1) is 9.29. The van der Waals surface area contributed by atoms with Crippen LogP contribution < -0.4 is 4.74 Å². The highest BCUT2D eigenvalue weighted by atomic mass is 16.5. The Balaban J connectivity index is 1.84. The van der Waals surface area contributed by atoms with E-state index < -0.39 is 0 Å². The van der Waals surface area contributed by atoms with Gasteiger partial charge in [-0.2, -0.15) is 0 Å². The van der Waals surface area contributed by atoms with Crippen LogP contribution in [0.15, 0.2) is 23.4 Å². The lowest BCUT2D eigenvalue weighted by atomic mass is 9.94. The fourth-order valence-electron chi connectivity index (χ4n) is 3.06. The van der Waals surface area contributed by atoms with E-state index in [-0.39, 0.29) is 12.2 Å². The van der Waals surface area contributed by atoms with Crippen molar-refractivity contribution in [1.29, 1.82) is 0 Å². The topological polar surface area (TPSA) is 62.1 Å². The van der Waals surface area contributed by atoms with Crippen molar-refractivity contribution >= 4 is 5.71 Å². The van der Waals surface area contributed by atoms with E-state index in [9.17, 15) is 5.11 Å². The molecule has 0 saturated heterocycles. The summed E-state index contributed by atoms with van der Waals surface area (Å²) in [4.78, 5) is 0. The third-order valence-corrected chi connectivity index (χ3v) is 4.12. The lowest BCUT2D eigenvalue weighted by molar-refractivity contribution is 0.00645. The molecule has 1 saturated carbocycles. The van der Waals surface area contributed by atoms with Crippen molar-refractivity contribution < 1.29 is 15.1 Å². The van der Waals surface area contributed by atoms with E-state index in [2.05, 4.69) is 5.16 Å². The van der Waals surface area contributed by atoms with E-state index in [1.54, 1.807) is 0 Å². The molecule has 0 amide bonds. The van der Waals surface area contributed by atoms with Crippen LogP contribution in [0.2, 0.25) is 0 Å². The van der Waals surface area contributed by atoms with Gasteiger partial charge in [0, 0.05) is 11.1 Å². The number of aliphatic hydroxyl groups excluding tert-OH is 1. The lowest BCUT2D eigenvalue weighted by Gasteiger charge is -2.29. The maximum atomic E-state index is 9.99. The number of rotatable bonds is 2. The van der Waals surface area contributed by atoms with Crippen LogP contribution in [0, 0.1) is 0 Å². The molecular weight excluding hydrogens is 242 g/mol. The van der Waals surface area contributed by atoms with Gasteiger partial charge in [-0.05, 0) is 38.2 Å². The lowest BCUT2D eigenvalue weighted by Crippen LogP contribution is -2.34. The third kappa shape index (κ3) is 2.32. The van der Waals surface area contributed by atoms with E-state index in [4.69, 9.17) is 9.94 Å². The minimum atomic E-state index is -0.364. The van der Waals surface area contributed by atoms with Crippen LogP contribution >= 0.6 is 0 Å². The molecule has 1 aromatic carbocycles. The Hall–Kier alpha value is -1.55. The Morgan fingerprint density at radius 2 is 2.00 bits per heavy atom. The van der Waals surface area contributed by atoms with Crippen LogP contribution in [-0.4, -0.2) is 28.2 Å². The summed E-state index contributed by atoms with van der Waals surface area (Å²) in [5.74, 6) is 0.835. The summed E-state index contributed by atoms with van der Waals surface area (Å²) in [6.45, 7) is 0. The molecule has 4 nitrogen and oxygen atoms in total. The quantitative estimate of drug-likeness (QED) is 0.635. The zero-order valence-electron chi connectivity index (χ0n) is 10.9. The molecule has 1 aromatic rings. The van der Waals surface area contributed by atoms with Crippen molar-refractivity contribution in [2.45, 2.75) is 50.7 Å². The van der Waals surface area contributed by atoms with Crippen molar-refractivity contribution in [3.63, 3.8) is 0 Å². The van der Waals surface area contributed by atoms with Gasteiger partial charge in [0.2, 0.25) is 0 Å². The van der Waals surface area contributed by atoms with Crippen LogP contribution in [0.3, 0.4) is 0 Å². The molecule has 0 spiro atoms. The summed E-state index contributed by atoms with van der Waals surface area (Å²) < 4.78 is 6.02. The molecule has 2 N–H and O–H groups in total. The summed E-state index contributed by atoms with van der Waals surface area (Å²) in [6, 6.07) is 5.82. The molecule has 2 aliphatic rings. The van der Waals surface area contributed by atoms with Gasteiger partial charge in [0.15, 0.2) is 0 Å². The fourth-order valence-corrected chi connectivity index (χ4v) is 3.06. The second-order valence-electron chi connectivity index (χ2n) is 5.34. The van der Waals surface area contributed by atoms with Gasteiger partial charge in [-0.25, -0.2) is 0 Å². The highest BCUT2D eigenvalue weighted by molar-refractivity contribution is 6.04. The number of fused-ring (bicyclic) bond motifs is 1. The zero-order chi connectivity index (χ0) is 13.2. The number of ether oxygens (including phenoxy) is 1. The highest BCUT2D eigenvalue weighted by Gasteiger charge is 2.27. The minimum Gasteiger partial charge on any atom is -0.487 e. The monoisotopic (exact) mass is 261 g/mol. The second kappa shape index (κ2) is 5.21. The standard InChI is InChI=1S/C15H19NO3/c17-13-5-1-2-6-15(13)19-14-7-3-4-10-11(14)8-9-12(10)16-18/h3-4,7,13,15,17-18H,1-2,5-6,8-9H2. The van der Waals surface area contributed by atoms with E-state index in [0.717, 1.165) is 61.1 Å². The van der Waals surface area contributed by atoms with Crippen LogP contribution in [0.5, 0.6) is 5.75 Å². The zero-order valence-corrected chi connectivity index (χ0v) is 10.9. The predicted molar refractivity (Wildman–Crippen MR) is 72.0 cm³/mol. The van der Waals surface area contributed by atoms with Crippen LogP contribution in [-0.2, 0) is 6.42 Å². The molecule has 19 heavy (non-hydrogen) atoms. The number of aliphatic hydroxyl groups is 1. The summed E-state index contributed by atoms with van der Waals surface area (Å²) in [7, 11) is 0. The van der Waals surface area contributed by atoms with Crippen molar-refractivity contribution in [2.75, 3.05) is 0 Å². The maximum absolute atomic E-state index is 9.99. The van der Waals surface area contributed by atoms with Gasteiger partial charge in [0.25, 0.3) is 0 Å². The molecule has 1 fully saturated rings. The van der Waals surface area contributed by atoms with Gasteiger partial charge in [-0.1, -0.05) is 23.7 Å². The Morgan fingerprint density at radius 1 is 1.16 bits per heavy atom. The molecule has 0 radical (unpaired) electrons. The molecular formula is C15H19NO3. The molecule has 3 rings (SSSR count). The van der Waals surface area contributed by atoms with Crippen LogP contribution in [0.1, 0.15) is 43.2 Å². The summed E-state index contributed by atoms with van der Waals surface area (Å²) in [5.41, 5.74) is 2.81. The van der Waals surface area contributed by atoms with Crippen molar-refractivity contribution in [2.24, 2.45) is 5.16 Å². The smallest absolute Gasteiger partial charge is 0.124 e. The second-order valence-corrected chi connectivity index (χ2v) is 5.34. The SMILES string of the molecule is ON=C1CCc2c(OC3CCCCC3O)cccc21. The van der Waals surface area contributed by atoms with Gasteiger partial charge < -0.3 is 15.1 Å². The van der Waals surface area contributed by atoms with Gasteiger partial charge in [-0.3, -0.25) is 0 Å².